The Morgan fingerprint density at radius 1 is 1.40 bits per heavy atom. The molecule has 1 fully saturated rings. The maximum Gasteiger partial charge on any atom is 0.213 e. The van der Waals surface area contributed by atoms with E-state index < -0.39 is 10.0 Å². The van der Waals surface area contributed by atoms with Crippen LogP contribution in [-0.4, -0.2) is 32.2 Å². The van der Waals surface area contributed by atoms with E-state index in [-0.39, 0.29) is 5.75 Å². The molecule has 2 rings (SSSR count). The molecule has 2 N–H and O–H groups in total. The van der Waals surface area contributed by atoms with E-state index in [1.807, 2.05) is 6.07 Å². The van der Waals surface area contributed by atoms with Crippen molar-refractivity contribution in [3.05, 3.63) is 23.9 Å². The third-order valence-electron chi connectivity index (χ3n) is 3.39. The lowest BCUT2D eigenvalue weighted by atomic mass is 9.86. The van der Waals surface area contributed by atoms with Crippen LogP contribution in [-0.2, 0) is 10.0 Å². The van der Waals surface area contributed by atoms with Crippen LogP contribution in [0.3, 0.4) is 0 Å². The highest BCUT2D eigenvalue weighted by molar-refractivity contribution is 7.89. The molecule has 7 heteroatoms. The molecule has 1 saturated carbocycles. The van der Waals surface area contributed by atoms with E-state index >= 15 is 0 Å². The summed E-state index contributed by atoms with van der Waals surface area (Å²) in [5.74, 6) is 1.10. The second kappa shape index (κ2) is 6.68. The van der Waals surface area contributed by atoms with Crippen LogP contribution in [0, 0.1) is 17.2 Å². The van der Waals surface area contributed by atoms with Crippen LogP contribution in [0.15, 0.2) is 18.3 Å². The van der Waals surface area contributed by atoms with Crippen molar-refractivity contribution in [2.45, 2.75) is 19.3 Å². The molecule has 0 bridgehead atoms. The van der Waals surface area contributed by atoms with Gasteiger partial charge in [0.1, 0.15) is 11.9 Å². The van der Waals surface area contributed by atoms with Crippen molar-refractivity contribution < 1.29 is 8.42 Å². The normalized spacial score (nSPS) is 15.3. The number of nitrogens with zero attached hydrogens (tertiary/aromatic N) is 2. The van der Waals surface area contributed by atoms with Crippen LogP contribution in [0.1, 0.15) is 24.8 Å². The van der Waals surface area contributed by atoms with E-state index in [0.717, 1.165) is 12.8 Å². The highest BCUT2D eigenvalue weighted by Gasteiger charge is 2.19. The van der Waals surface area contributed by atoms with Crippen LogP contribution in [0.25, 0.3) is 0 Å². The first kappa shape index (κ1) is 14.8. The Labute approximate surface area is 119 Å². The molecular formula is C13H18N4O2S. The maximum atomic E-state index is 11.8. The summed E-state index contributed by atoms with van der Waals surface area (Å²) in [6.45, 7) is 0.844. The SMILES string of the molecule is N#Cc1ccc(NCCS(=O)(=O)NCC2CCC2)nc1. The lowest BCUT2D eigenvalue weighted by molar-refractivity contribution is 0.316. The third-order valence-corrected chi connectivity index (χ3v) is 4.73. The van der Waals surface area contributed by atoms with Gasteiger partial charge in [0.05, 0.1) is 11.3 Å². The molecule has 1 aromatic rings. The average Bonchev–Trinajstić information content (AvgIpc) is 2.37. The number of nitriles is 1. The maximum absolute atomic E-state index is 11.8. The van der Waals surface area contributed by atoms with Gasteiger partial charge in [0.15, 0.2) is 0 Å². The number of hydrogen-bond acceptors (Lipinski definition) is 5. The summed E-state index contributed by atoms with van der Waals surface area (Å²) in [4.78, 5) is 4.02. The van der Waals surface area contributed by atoms with Crippen molar-refractivity contribution in [3.8, 4) is 6.07 Å². The van der Waals surface area contributed by atoms with Gasteiger partial charge in [-0.25, -0.2) is 18.1 Å². The van der Waals surface area contributed by atoms with Crippen LogP contribution < -0.4 is 10.0 Å². The van der Waals surface area contributed by atoms with Gasteiger partial charge in [0, 0.05) is 19.3 Å². The Morgan fingerprint density at radius 2 is 2.20 bits per heavy atom. The first-order chi connectivity index (χ1) is 9.59. The van der Waals surface area contributed by atoms with Gasteiger partial charge < -0.3 is 5.32 Å². The van der Waals surface area contributed by atoms with Gasteiger partial charge in [-0.2, -0.15) is 5.26 Å². The van der Waals surface area contributed by atoms with Crippen molar-refractivity contribution in [1.29, 1.82) is 5.26 Å². The number of aromatic nitrogens is 1. The number of sulfonamides is 1. The predicted molar refractivity (Wildman–Crippen MR) is 76.6 cm³/mol. The summed E-state index contributed by atoms with van der Waals surface area (Å²) in [6, 6.07) is 5.27. The van der Waals surface area contributed by atoms with E-state index in [1.54, 1.807) is 12.1 Å². The Hall–Kier alpha value is -1.65. The fourth-order valence-corrected chi connectivity index (χ4v) is 2.90. The molecule has 1 heterocycles. The minimum atomic E-state index is -3.23. The summed E-state index contributed by atoms with van der Waals surface area (Å²) in [6.07, 6.45) is 4.90. The molecule has 1 aliphatic carbocycles. The van der Waals surface area contributed by atoms with Crippen LogP contribution in [0.4, 0.5) is 5.82 Å². The average molecular weight is 294 g/mol. The highest BCUT2D eigenvalue weighted by Crippen LogP contribution is 2.25. The second-order valence-corrected chi connectivity index (χ2v) is 6.86. The molecule has 0 saturated heterocycles. The van der Waals surface area contributed by atoms with Crippen molar-refractivity contribution >= 4 is 15.8 Å². The van der Waals surface area contributed by atoms with E-state index in [2.05, 4.69) is 15.0 Å². The highest BCUT2D eigenvalue weighted by atomic mass is 32.2. The molecule has 0 aromatic carbocycles. The largest absolute Gasteiger partial charge is 0.369 e. The molecule has 0 radical (unpaired) electrons. The summed E-state index contributed by atoms with van der Waals surface area (Å²) in [5, 5.41) is 11.6. The molecule has 1 aromatic heterocycles. The summed E-state index contributed by atoms with van der Waals surface area (Å²) in [5.41, 5.74) is 0.477. The Balaban J connectivity index is 1.71. The smallest absolute Gasteiger partial charge is 0.213 e. The second-order valence-electron chi connectivity index (χ2n) is 4.93. The van der Waals surface area contributed by atoms with E-state index in [0.29, 0.717) is 30.4 Å². The Morgan fingerprint density at radius 3 is 2.75 bits per heavy atom. The zero-order valence-corrected chi connectivity index (χ0v) is 12.0. The van der Waals surface area contributed by atoms with Gasteiger partial charge in [0.25, 0.3) is 0 Å². The lowest BCUT2D eigenvalue weighted by Crippen LogP contribution is -2.35. The number of hydrogen-bond donors (Lipinski definition) is 2. The predicted octanol–water partition coefficient (Wildman–Crippen LogP) is 1.08. The molecule has 0 aliphatic heterocycles. The van der Waals surface area contributed by atoms with Gasteiger partial charge in [-0.15, -0.1) is 0 Å². The molecule has 108 valence electrons. The first-order valence-corrected chi connectivity index (χ1v) is 8.32. The molecule has 1 aliphatic rings. The summed E-state index contributed by atoms with van der Waals surface area (Å²) in [7, 11) is -3.23. The molecule has 0 atom stereocenters. The number of pyridine rings is 1. The topological polar surface area (TPSA) is 94.9 Å². The fourth-order valence-electron chi connectivity index (χ4n) is 1.89. The Bertz CT molecular complexity index is 573. The molecule has 0 amide bonds. The minimum Gasteiger partial charge on any atom is -0.369 e. The monoisotopic (exact) mass is 294 g/mol. The van der Waals surface area contributed by atoms with Crippen molar-refractivity contribution in [2.75, 3.05) is 24.2 Å². The molecule has 20 heavy (non-hydrogen) atoms. The fraction of sp³-hybridized carbons (Fsp3) is 0.538. The van der Waals surface area contributed by atoms with E-state index in [9.17, 15) is 8.42 Å². The van der Waals surface area contributed by atoms with Gasteiger partial charge in [-0.1, -0.05) is 6.42 Å². The third kappa shape index (κ3) is 4.47. The minimum absolute atomic E-state index is 0.0153. The molecule has 0 spiro atoms. The number of anilines is 1. The first-order valence-electron chi connectivity index (χ1n) is 6.66. The lowest BCUT2D eigenvalue weighted by Gasteiger charge is -2.25. The van der Waals surface area contributed by atoms with Crippen molar-refractivity contribution in [2.24, 2.45) is 5.92 Å². The van der Waals surface area contributed by atoms with Crippen LogP contribution in [0.2, 0.25) is 0 Å². The van der Waals surface area contributed by atoms with Gasteiger partial charge in [-0.05, 0) is 30.9 Å². The number of nitrogens with one attached hydrogen (secondary N) is 2. The molecule has 6 nitrogen and oxygen atoms in total. The summed E-state index contributed by atoms with van der Waals surface area (Å²) < 4.78 is 26.1. The van der Waals surface area contributed by atoms with Gasteiger partial charge in [-0.3, -0.25) is 0 Å². The zero-order valence-electron chi connectivity index (χ0n) is 11.2. The summed E-state index contributed by atoms with van der Waals surface area (Å²) >= 11 is 0. The standard InChI is InChI=1S/C13H18N4O2S/c14-8-12-4-5-13(16-9-12)15-6-7-20(18,19)17-10-11-2-1-3-11/h4-5,9,11,17H,1-3,6-7,10H2,(H,15,16). The molecular weight excluding hydrogens is 276 g/mol. The van der Waals surface area contributed by atoms with Crippen LogP contribution >= 0.6 is 0 Å². The van der Waals surface area contributed by atoms with Gasteiger partial charge >= 0.3 is 0 Å². The number of rotatable bonds is 7. The zero-order chi connectivity index (χ0) is 14.4. The van der Waals surface area contributed by atoms with E-state index in [1.165, 1.54) is 12.6 Å². The Kier molecular flexibility index (Phi) is 4.93. The molecule has 0 unspecified atom stereocenters. The quantitative estimate of drug-likeness (QED) is 0.785. The van der Waals surface area contributed by atoms with Crippen molar-refractivity contribution in [1.82, 2.24) is 9.71 Å². The van der Waals surface area contributed by atoms with Crippen molar-refractivity contribution in [3.63, 3.8) is 0 Å². The van der Waals surface area contributed by atoms with E-state index in [4.69, 9.17) is 5.26 Å². The van der Waals surface area contributed by atoms with Gasteiger partial charge in [0.2, 0.25) is 10.0 Å². The van der Waals surface area contributed by atoms with Crippen LogP contribution in [0.5, 0.6) is 0 Å².